The fourth-order valence-electron chi connectivity index (χ4n) is 2.22. The van der Waals surface area contributed by atoms with Gasteiger partial charge in [-0.1, -0.05) is 12.1 Å². The summed E-state index contributed by atoms with van der Waals surface area (Å²) in [5.74, 6) is -0.478. The van der Waals surface area contributed by atoms with E-state index in [1.165, 1.54) is 4.90 Å². The van der Waals surface area contributed by atoms with Crippen LogP contribution in [0.25, 0.3) is 0 Å². The predicted octanol–water partition coefficient (Wildman–Crippen LogP) is 1.92. The van der Waals surface area contributed by atoms with E-state index in [1.54, 1.807) is 0 Å². The second-order valence-corrected chi connectivity index (χ2v) is 5.75. The lowest BCUT2D eigenvalue weighted by molar-refractivity contribution is -0.158. The first kappa shape index (κ1) is 16.8. The van der Waals surface area contributed by atoms with Crippen molar-refractivity contribution in [1.29, 1.82) is 0 Å². The zero-order valence-electron chi connectivity index (χ0n) is 12.0. The SMILES string of the molecule is O=C(O)C1COCCN1C(=O)CCCOc1ccccc1Br. The molecule has 1 heterocycles. The second-order valence-electron chi connectivity index (χ2n) is 4.90. The molecule has 1 aliphatic heterocycles. The first-order valence-corrected chi connectivity index (χ1v) is 7.86. The van der Waals surface area contributed by atoms with Crippen molar-refractivity contribution in [2.75, 3.05) is 26.4 Å². The molecule has 0 radical (unpaired) electrons. The Morgan fingerprint density at radius 2 is 2.18 bits per heavy atom. The van der Waals surface area contributed by atoms with Crippen LogP contribution < -0.4 is 4.74 Å². The van der Waals surface area contributed by atoms with Gasteiger partial charge in [-0.15, -0.1) is 0 Å². The Morgan fingerprint density at radius 1 is 1.41 bits per heavy atom. The van der Waals surface area contributed by atoms with Gasteiger partial charge in [0.05, 0.1) is 24.3 Å². The number of para-hydroxylation sites is 1. The fourth-order valence-corrected chi connectivity index (χ4v) is 2.62. The molecule has 1 amide bonds. The van der Waals surface area contributed by atoms with Crippen molar-refractivity contribution in [3.05, 3.63) is 28.7 Å². The van der Waals surface area contributed by atoms with Crippen LogP contribution in [-0.2, 0) is 14.3 Å². The number of carbonyl (C=O) groups is 2. The highest BCUT2D eigenvalue weighted by Gasteiger charge is 2.32. The molecule has 1 atom stereocenters. The zero-order chi connectivity index (χ0) is 15.9. The highest BCUT2D eigenvalue weighted by molar-refractivity contribution is 9.10. The van der Waals surface area contributed by atoms with Crippen LogP contribution in [0.2, 0.25) is 0 Å². The molecule has 6 nitrogen and oxygen atoms in total. The van der Waals surface area contributed by atoms with Crippen molar-refractivity contribution >= 4 is 27.8 Å². The number of benzene rings is 1. The Kier molecular flexibility index (Phi) is 6.21. The average Bonchev–Trinajstić information content (AvgIpc) is 2.52. The molecular weight excluding hydrogens is 354 g/mol. The van der Waals surface area contributed by atoms with Gasteiger partial charge in [-0.2, -0.15) is 0 Å². The molecule has 2 rings (SSSR count). The third-order valence-electron chi connectivity index (χ3n) is 3.36. The maximum Gasteiger partial charge on any atom is 0.328 e. The van der Waals surface area contributed by atoms with Gasteiger partial charge >= 0.3 is 5.97 Å². The van der Waals surface area contributed by atoms with Crippen LogP contribution in [0, 0.1) is 0 Å². The van der Waals surface area contributed by atoms with Crippen LogP contribution in [0.15, 0.2) is 28.7 Å². The highest BCUT2D eigenvalue weighted by Crippen LogP contribution is 2.23. The Balaban J connectivity index is 1.77. The van der Waals surface area contributed by atoms with E-state index in [9.17, 15) is 9.59 Å². The minimum absolute atomic E-state index is 0.0501. The number of rotatable bonds is 6. The number of carboxylic acids is 1. The molecule has 0 bridgehead atoms. The maximum atomic E-state index is 12.1. The van der Waals surface area contributed by atoms with E-state index in [0.29, 0.717) is 26.2 Å². The molecular formula is C15H18BrNO5. The number of halogens is 1. The van der Waals surface area contributed by atoms with Gasteiger partial charge in [-0.3, -0.25) is 4.79 Å². The lowest BCUT2D eigenvalue weighted by Gasteiger charge is -2.32. The fraction of sp³-hybridized carbons (Fsp3) is 0.467. The number of amides is 1. The topological polar surface area (TPSA) is 76.1 Å². The zero-order valence-corrected chi connectivity index (χ0v) is 13.6. The summed E-state index contributed by atoms with van der Waals surface area (Å²) in [4.78, 5) is 24.6. The molecule has 1 N–H and O–H groups in total. The van der Waals surface area contributed by atoms with Gasteiger partial charge in [0.15, 0.2) is 6.04 Å². The second kappa shape index (κ2) is 8.14. The summed E-state index contributed by atoms with van der Waals surface area (Å²) >= 11 is 3.38. The van der Waals surface area contributed by atoms with E-state index in [4.69, 9.17) is 14.6 Å². The van der Waals surface area contributed by atoms with E-state index in [1.807, 2.05) is 24.3 Å². The van der Waals surface area contributed by atoms with E-state index >= 15 is 0 Å². The number of carbonyl (C=O) groups excluding carboxylic acids is 1. The van der Waals surface area contributed by atoms with Gasteiger partial charge in [0.25, 0.3) is 0 Å². The molecule has 22 heavy (non-hydrogen) atoms. The summed E-state index contributed by atoms with van der Waals surface area (Å²) in [7, 11) is 0. The maximum absolute atomic E-state index is 12.1. The van der Waals surface area contributed by atoms with Crippen LogP contribution in [0.3, 0.4) is 0 Å². The summed E-state index contributed by atoms with van der Waals surface area (Å²) in [5, 5.41) is 9.10. The van der Waals surface area contributed by atoms with Gasteiger partial charge in [0.2, 0.25) is 5.91 Å². The lowest BCUT2D eigenvalue weighted by Crippen LogP contribution is -2.52. The Hall–Kier alpha value is -1.60. The molecule has 0 aliphatic carbocycles. The van der Waals surface area contributed by atoms with Crippen LogP contribution in [0.5, 0.6) is 5.75 Å². The van der Waals surface area contributed by atoms with Crippen molar-refractivity contribution in [1.82, 2.24) is 4.90 Å². The third-order valence-corrected chi connectivity index (χ3v) is 4.02. The number of hydrogen-bond acceptors (Lipinski definition) is 4. The quantitative estimate of drug-likeness (QED) is 0.773. The summed E-state index contributed by atoms with van der Waals surface area (Å²) < 4.78 is 11.6. The van der Waals surface area contributed by atoms with E-state index in [0.717, 1.165) is 10.2 Å². The molecule has 1 aromatic carbocycles. The lowest BCUT2D eigenvalue weighted by atomic mass is 10.2. The van der Waals surface area contributed by atoms with E-state index in [-0.39, 0.29) is 18.9 Å². The van der Waals surface area contributed by atoms with Crippen LogP contribution >= 0.6 is 15.9 Å². The van der Waals surface area contributed by atoms with Gasteiger partial charge in [-0.05, 0) is 34.5 Å². The predicted molar refractivity (Wildman–Crippen MR) is 82.8 cm³/mol. The number of hydrogen-bond donors (Lipinski definition) is 1. The molecule has 1 fully saturated rings. The standard InChI is InChI=1S/C15H18BrNO5/c16-11-4-1-2-5-13(11)22-8-3-6-14(18)17-7-9-21-10-12(17)15(19)20/h1-2,4-5,12H,3,6-10H2,(H,19,20). The molecule has 1 aromatic rings. The first-order chi connectivity index (χ1) is 10.6. The van der Waals surface area contributed by atoms with Gasteiger partial charge in [0, 0.05) is 13.0 Å². The van der Waals surface area contributed by atoms with E-state index < -0.39 is 12.0 Å². The molecule has 7 heteroatoms. The summed E-state index contributed by atoms with van der Waals surface area (Å²) in [6.07, 6.45) is 0.790. The van der Waals surface area contributed by atoms with Crippen LogP contribution in [0.1, 0.15) is 12.8 Å². The van der Waals surface area contributed by atoms with Gasteiger partial charge in [0.1, 0.15) is 5.75 Å². The smallest absolute Gasteiger partial charge is 0.328 e. The van der Waals surface area contributed by atoms with Crippen molar-refractivity contribution in [2.45, 2.75) is 18.9 Å². The third kappa shape index (κ3) is 4.45. The number of ether oxygens (including phenoxy) is 2. The van der Waals surface area contributed by atoms with Crippen molar-refractivity contribution in [2.24, 2.45) is 0 Å². The Labute approximate surface area is 137 Å². The molecule has 120 valence electrons. The van der Waals surface area contributed by atoms with E-state index in [2.05, 4.69) is 15.9 Å². The van der Waals surface area contributed by atoms with Gasteiger partial charge < -0.3 is 19.5 Å². The molecule has 0 aromatic heterocycles. The minimum atomic E-state index is -1.03. The molecule has 1 aliphatic rings. The van der Waals surface area contributed by atoms with Crippen LogP contribution in [-0.4, -0.2) is 54.3 Å². The number of carboxylic acid groups (broad SMARTS) is 1. The number of aliphatic carboxylic acids is 1. The summed E-state index contributed by atoms with van der Waals surface area (Å²) in [6.45, 7) is 1.15. The average molecular weight is 372 g/mol. The number of nitrogens with zero attached hydrogens (tertiary/aromatic N) is 1. The Bertz CT molecular complexity index is 536. The summed E-state index contributed by atoms with van der Waals surface area (Å²) in [5.41, 5.74) is 0. The molecule has 0 saturated carbocycles. The van der Waals surface area contributed by atoms with Crippen molar-refractivity contribution < 1.29 is 24.2 Å². The number of morpholine rings is 1. The molecule has 0 spiro atoms. The first-order valence-electron chi connectivity index (χ1n) is 7.07. The highest BCUT2D eigenvalue weighted by atomic mass is 79.9. The van der Waals surface area contributed by atoms with Crippen molar-refractivity contribution in [3.8, 4) is 5.75 Å². The monoisotopic (exact) mass is 371 g/mol. The van der Waals surface area contributed by atoms with Crippen LogP contribution in [0.4, 0.5) is 0 Å². The normalized spacial score (nSPS) is 18.0. The minimum Gasteiger partial charge on any atom is -0.492 e. The molecule has 1 saturated heterocycles. The van der Waals surface area contributed by atoms with Gasteiger partial charge in [-0.25, -0.2) is 4.79 Å². The molecule has 1 unspecified atom stereocenters. The largest absolute Gasteiger partial charge is 0.492 e. The Morgan fingerprint density at radius 3 is 2.91 bits per heavy atom. The van der Waals surface area contributed by atoms with Crippen molar-refractivity contribution in [3.63, 3.8) is 0 Å². The summed E-state index contributed by atoms with van der Waals surface area (Å²) in [6, 6.07) is 6.60.